The van der Waals surface area contributed by atoms with Crippen molar-refractivity contribution in [1.29, 1.82) is 0 Å². The van der Waals surface area contributed by atoms with Gasteiger partial charge in [-0.1, -0.05) is 53.5 Å². The quantitative estimate of drug-likeness (QED) is 0.790. The topological polar surface area (TPSA) is 26.3 Å². The molecule has 1 heterocycles. The maximum atomic E-state index is 11.1. The van der Waals surface area contributed by atoms with Crippen molar-refractivity contribution in [3.8, 4) is 0 Å². The second kappa shape index (κ2) is 5.13. The van der Waals surface area contributed by atoms with Gasteiger partial charge in [-0.05, 0) is 5.56 Å². The first-order valence-electron chi connectivity index (χ1n) is 4.60. The summed E-state index contributed by atoms with van der Waals surface area (Å²) in [5.41, 5.74) is 0.679. The van der Waals surface area contributed by atoms with Crippen LogP contribution in [-0.2, 0) is 15.3 Å². The zero-order valence-corrected chi connectivity index (χ0v) is 10.5. The zero-order valence-electron chi connectivity index (χ0n) is 8.15. The normalized spacial score (nSPS) is 20.1. The molecule has 1 aliphatic rings. The van der Waals surface area contributed by atoms with Crippen molar-refractivity contribution >= 4 is 40.9 Å². The van der Waals surface area contributed by atoms with Crippen LogP contribution in [0.2, 0.25) is 0 Å². The van der Waals surface area contributed by atoms with Gasteiger partial charge in [-0.15, -0.1) is 11.8 Å². The first-order chi connectivity index (χ1) is 7.68. The molecule has 84 valence electrons. The molecular formula is C11H8Cl2O2S. The number of halogens is 2. The maximum absolute atomic E-state index is 11.1. The Morgan fingerprint density at radius 2 is 1.94 bits per heavy atom. The van der Waals surface area contributed by atoms with Crippen molar-refractivity contribution in [1.82, 2.24) is 0 Å². The molecule has 1 atom stereocenters. The van der Waals surface area contributed by atoms with Crippen molar-refractivity contribution in [3.63, 3.8) is 0 Å². The van der Waals surface area contributed by atoms with E-state index in [-0.39, 0.29) is 10.1 Å². The molecule has 1 aromatic rings. The zero-order chi connectivity index (χ0) is 11.5. The number of carbonyl (C=O) groups excluding carboxylic acids is 1. The van der Waals surface area contributed by atoms with E-state index < -0.39 is 11.4 Å². The maximum Gasteiger partial charge on any atom is 0.352 e. The van der Waals surface area contributed by atoms with Crippen LogP contribution in [-0.4, -0.2) is 11.4 Å². The van der Waals surface area contributed by atoms with Crippen molar-refractivity contribution in [2.24, 2.45) is 0 Å². The molecule has 0 radical (unpaired) electrons. The van der Waals surface area contributed by atoms with Crippen molar-refractivity contribution in [2.75, 3.05) is 0 Å². The van der Waals surface area contributed by atoms with Gasteiger partial charge in [0, 0.05) is 5.75 Å². The fourth-order valence-corrected chi connectivity index (χ4v) is 2.73. The summed E-state index contributed by atoms with van der Waals surface area (Å²) in [5.74, 6) is 0.177. The lowest BCUT2D eigenvalue weighted by Gasteiger charge is -2.09. The van der Waals surface area contributed by atoms with Gasteiger partial charge in [-0.2, -0.15) is 0 Å². The molecular weight excluding hydrogens is 267 g/mol. The Balaban J connectivity index is 1.96. The summed E-state index contributed by atoms with van der Waals surface area (Å²) in [6.45, 7) is 0. The van der Waals surface area contributed by atoms with Gasteiger partial charge >= 0.3 is 5.97 Å². The van der Waals surface area contributed by atoms with Crippen molar-refractivity contribution < 1.29 is 9.53 Å². The summed E-state index contributed by atoms with van der Waals surface area (Å²) in [5, 5.41) is 0.278. The molecule has 0 saturated carbocycles. The molecule has 2 nitrogen and oxygen atoms in total. The Labute approximate surface area is 108 Å². The predicted octanol–water partition coefficient (Wildman–Crippen LogP) is 3.49. The number of carbonyl (C=O) groups is 1. The molecule has 0 saturated heterocycles. The third-order valence-corrected chi connectivity index (χ3v) is 4.16. The molecule has 0 fully saturated rings. The smallest absolute Gasteiger partial charge is 0.352 e. The summed E-state index contributed by atoms with van der Waals surface area (Å²) >= 11 is 13.0. The van der Waals surface area contributed by atoms with Crippen LogP contribution in [0.25, 0.3) is 0 Å². The molecule has 1 aromatic carbocycles. The molecule has 5 heteroatoms. The number of hydrogen-bond donors (Lipinski definition) is 0. The van der Waals surface area contributed by atoms with E-state index in [0.29, 0.717) is 0 Å². The van der Waals surface area contributed by atoms with Gasteiger partial charge in [0.1, 0.15) is 5.03 Å². The second-order valence-electron chi connectivity index (χ2n) is 3.20. The van der Waals surface area contributed by atoms with E-state index >= 15 is 0 Å². The van der Waals surface area contributed by atoms with Gasteiger partial charge in [0.2, 0.25) is 0 Å². The summed E-state index contributed by atoms with van der Waals surface area (Å²) in [6, 6.07) is 9.88. The van der Waals surface area contributed by atoms with Crippen LogP contribution >= 0.6 is 35.0 Å². The molecule has 1 unspecified atom stereocenters. The third-order valence-electron chi connectivity index (χ3n) is 2.05. The number of thioether (sulfide) groups is 1. The molecule has 0 amide bonds. The highest BCUT2D eigenvalue weighted by atomic mass is 35.5. The summed E-state index contributed by atoms with van der Waals surface area (Å²) < 4.78 is 4.99. The Kier molecular flexibility index (Phi) is 3.79. The third kappa shape index (κ3) is 2.54. The van der Waals surface area contributed by atoms with Crippen LogP contribution in [0.4, 0.5) is 0 Å². The Bertz CT molecular complexity index is 431. The summed E-state index contributed by atoms with van der Waals surface area (Å²) in [6.07, 6.45) is 0. The van der Waals surface area contributed by atoms with Crippen LogP contribution in [0.3, 0.4) is 0 Å². The fraction of sp³-hybridized carbons (Fsp3) is 0.182. The van der Waals surface area contributed by atoms with Crippen molar-refractivity contribution in [3.05, 3.63) is 46.0 Å². The molecule has 2 rings (SSSR count). The first-order valence-corrected chi connectivity index (χ1v) is 6.40. The number of cyclic esters (lactones) is 1. The van der Waals surface area contributed by atoms with E-state index in [2.05, 4.69) is 0 Å². The highest BCUT2D eigenvalue weighted by Gasteiger charge is 2.32. The molecule has 0 spiro atoms. The standard InChI is InChI=1S/C11H8Cl2O2S/c12-8-9(13)11(15-10(8)14)16-6-7-4-2-1-3-5-7/h1-5,11H,6H2. The largest absolute Gasteiger partial charge is 0.441 e. The number of hydrogen-bond acceptors (Lipinski definition) is 3. The minimum Gasteiger partial charge on any atom is -0.441 e. The van der Waals surface area contributed by atoms with Crippen LogP contribution in [0.15, 0.2) is 40.4 Å². The van der Waals surface area contributed by atoms with Gasteiger partial charge in [0.25, 0.3) is 0 Å². The fourth-order valence-electron chi connectivity index (χ4n) is 1.25. The monoisotopic (exact) mass is 274 g/mol. The summed E-state index contributed by atoms with van der Waals surface area (Å²) in [7, 11) is 0. The Hall–Kier alpha value is -0.640. The average molecular weight is 275 g/mol. The van der Waals surface area contributed by atoms with Gasteiger partial charge in [-0.3, -0.25) is 0 Å². The average Bonchev–Trinajstić information content (AvgIpc) is 2.56. The highest BCUT2D eigenvalue weighted by molar-refractivity contribution is 7.99. The van der Waals surface area contributed by atoms with E-state index in [1.54, 1.807) is 0 Å². The van der Waals surface area contributed by atoms with Crippen LogP contribution in [0.1, 0.15) is 5.56 Å². The van der Waals surface area contributed by atoms with E-state index in [1.807, 2.05) is 30.3 Å². The molecule has 0 bridgehead atoms. The van der Waals surface area contributed by atoms with Crippen molar-refractivity contribution in [2.45, 2.75) is 11.2 Å². The molecule has 16 heavy (non-hydrogen) atoms. The minimum absolute atomic E-state index is 0.00720. The van der Waals surface area contributed by atoms with Gasteiger partial charge in [0.15, 0.2) is 5.44 Å². The molecule has 0 aliphatic carbocycles. The lowest BCUT2D eigenvalue weighted by molar-refractivity contribution is -0.136. The van der Waals surface area contributed by atoms with Gasteiger partial charge in [0.05, 0.1) is 5.03 Å². The van der Waals surface area contributed by atoms with E-state index in [0.717, 1.165) is 11.3 Å². The van der Waals surface area contributed by atoms with Crippen LogP contribution in [0.5, 0.6) is 0 Å². The van der Waals surface area contributed by atoms with Gasteiger partial charge < -0.3 is 4.74 Å². The van der Waals surface area contributed by atoms with Crippen LogP contribution in [0, 0.1) is 0 Å². The molecule has 0 aromatic heterocycles. The SMILES string of the molecule is O=C1OC(SCc2ccccc2)C(Cl)=C1Cl. The number of ether oxygens (including phenoxy) is 1. The van der Waals surface area contributed by atoms with E-state index in [1.165, 1.54) is 11.8 Å². The van der Waals surface area contributed by atoms with E-state index in [9.17, 15) is 4.79 Å². The number of esters is 1. The number of benzene rings is 1. The van der Waals surface area contributed by atoms with Crippen LogP contribution < -0.4 is 0 Å². The molecule has 0 N–H and O–H groups in total. The Morgan fingerprint density at radius 3 is 2.50 bits per heavy atom. The predicted molar refractivity (Wildman–Crippen MR) is 66.3 cm³/mol. The minimum atomic E-state index is -0.544. The second-order valence-corrected chi connectivity index (χ2v) is 5.03. The molecule has 1 aliphatic heterocycles. The summed E-state index contributed by atoms with van der Waals surface area (Å²) in [4.78, 5) is 11.1. The lowest BCUT2D eigenvalue weighted by Crippen LogP contribution is -2.05. The number of rotatable bonds is 3. The van der Waals surface area contributed by atoms with E-state index in [4.69, 9.17) is 27.9 Å². The Morgan fingerprint density at radius 1 is 1.25 bits per heavy atom. The van der Waals surface area contributed by atoms with Gasteiger partial charge in [-0.25, -0.2) is 4.79 Å². The lowest BCUT2D eigenvalue weighted by atomic mass is 10.2. The first kappa shape index (κ1) is 11.8. The highest BCUT2D eigenvalue weighted by Crippen LogP contribution is 2.36.